The highest BCUT2D eigenvalue weighted by molar-refractivity contribution is 5.95. The van der Waals surface area contributed by atoms with Gasteiger partial charge in [-0.05, 0) is 38.0 Å². The van der Waals surface area contributed by atoms with Gasteiger partial charge in [0.25, 0.3) is 0 Å². The largest absolute Gasteiger partial charge is 0.381 e. The molecular formula is C18H24O3. The van der Waals surface area contributed by atoms with Gasteiger partial charge in [0.2, 0.25) is 0 Å². The molecule has 0 N–H and O–H groups in total. The van der Waals surface area contributed by atoms with Crippen LogP contribution in [0.25, 0.3) is 0 Å². The van der Waals surface area contributed by atoms with Gasteiger partial charge in [-0.2, -0.15) is 0 Å². The second-order valence-electron chi connectivity index (χ2n) is 6.33. The van der Waals surface area contributed by atoms with E-state index >= 15 is 0 Å². The molecule has 0 bridgehead atoms. The second kappa shape index (κ2) is 6.71. The van der Waals surface area contributed by atoms with E-state index in [1.807, 2.05) is 30.3 Å². The molecule has 0 saturated carbocycles. The lowest BCUT2D eigenvalue weighted by molar-refractivity contribution is -0.147. The molecule has 2 saturated heterocycles. The lowest BCUT2D eigenvalue weighted by Crippen LogP contribution is -2.44. The van der Waals surface area contributed by atoms with Crippen molar-refractivity contribution in [3.63, 3.8) is 0 Å². The predicted molar refractivity (Wildman–Crippen MR) is 81.5 cm³/mol. The highest BCUT2D eigenvalue weighted by Gasteiger charge is 2.38. The Morgan fingerprint density at radius 2 is 1.90 bits per heavy atom. The number of rotatable bonds is 4. The smallest absolute Gasteiger partial charge is 0.162 e. The fraction of sp³-hybridized carbons (Fsp3) is 0.611. The Hall–Kier alpha value is -1.19. The minimum atomic E-state index is 0.0387. The third kappa shape index (κ3) is 3.72. The SMILES string of the molecule is O=C(CCC1CCOC2(CCOCC2)C1)c1ccccc1. The number of benzene rings is 1. The molecule has 1 unspecified atom stereocenters. The topological polar surface area (TPSA) is 35.5 Å². The number of hydrogen-bond donors (Lipinski definition) is 0. The Kier molecular flexibility index (Phi) is 4.71. The Labute approximate surface area is 126 Å². The number of carbonyl (C=O) groups excluding carboxylic acids is 1. The summed E-state index contributed by atoms with van der Waals surface area (Å²) < 4.78 is 11.5. The van der Waals surface area contributed by atoms with Gasteiger partial charge in [0.1, 0.15) is 0 Å². The van der Waals surface area contributed by atoms with Gasteiger partial charge in [-0.15, -0.1) is 0 Å². The van der Waals surface area contributed by atoms with Gasteiger partial charge < -0.3 is 9.47 Å². The molecule has 2 aliphatic rings. The van der Waals surface area contributed by atoms with Crippen molar-refractivity contribution in [2.45, 2.75) is 44.1 Å². The molecule has 1 atom stereocenters. The fourth-order valence-electron chi connectivity index (χ4n) is 3.57. The van der Waals surface area contributed by atoms with Crippen molar-refractivity contribution < 1.29 is 14.3 Å². The van der Waals surface area contributed by atoms with E-state index in [-0.39, 0.29) is 11.4 Å². The first-order valence-electron chi connectivity index (χ1n) is 8.07. The van der Waals surface area contributed by atoms with E-state index in [4.69, 9.17) is 9.47 Å². The third-order valence-electron chi connectivity index (χ3n) is 4.87. The number of Topliss-reactive ketones (excluding diaryl/α,β-unsaturated/α-hetero) is 1. The summed E-state index contributed by atoms with van der Waals surface area (Å²) in [4.78, 5) is 12.2. The van der Waals surface area contributed by atoms with Gasteiger partial charge in [-0.25, -0.2) is 0 Å². The Bertz CT molecular complexity index is 457. The van der Waals surface area contributed by atoms with Crippen molar-refractivity contribution in [1.82, 2.24) is 0 Å². The van der Waals surface area contributed by atoms with Crippen LogP contribution in [0, 0.1) is 5.92 Å². The van der Waals surface area contributed by atoms with Crippen LogP contribution in [0.2, 0.25) is 0 Å². The molecule has 2 aliphatic heterocycles. The van der Waals surface area contributed by atoms with Crippen molar-refractivity contribution in [3.8, 4) is 0 Å². The average molecular weight is 288 g/mol. The van der Waals surface area contributed by atoms with Gasteiger partial charge in [-0.3, -0.25) is 4.79 Å². The zero-order valence-corrected chi connectivity index (χ0v) is 12.6. The number of hydrogen-bond acceptors (Lipinski definition) is 3. The first kappa shape index (κ1) is 14.7. The first-order chi connectivity index (χ1) is 10.3. The summed E-state index contributed by atoms with van der Waals surface area (Å²) in [5.41, 5.74) is 0.877. The zero-order chi connectivity index (χ0) is 14.5. The van der Waals surface area contributed by atoms with Gasteiger partial charge in [0.05, 0.1) is 5.60 Å². The number of ether oxygens (including phenoxy) is 2. The van der Waals surface area contributed by atoms with E-state index in [1.165, 1.54) is 0 Å². The van der Waals surface area contributed by atoms with Crippen LogP contribution >= 0.6 is 0 Å². The highest BCUT2D eigenvalue weighted by atomic mass is 16.5. The van der Waals surface area contributed by atoms with Crippen molar-refractivity contribution in [2.24, 2.45) is 5.92 Å². The summed E-state index contributed by atoms with van der Waals surface area (Å²) in [7, 11) is 0. The molecule has 0 amide bonds. The van der Waals surface area contributed by atoms with Crippen molar-refractivity contribution >= 4 is 5.78 Å². The lowest BCUT2D eigenvalue weighted by Gasteiger charge is -2.43. The second-order valence-corrected chi connectivity index (χ2v) is 6.33. The van der Waals surface area contributed by atoms with Crippen LogP contribution < -0.4 is 0 Å². The minimum Gasteiger partial charge on any atom is -0.381 e. The molecule has 3 nitrogen and oxygen atoms in total. The van der Waals surface area contributed by atoms with Crippen molar-refractivity contribution in [1.29, 1.82) is 0 Å². The van der Waals surface area contributed by atoms with E-state index in [2.05, 4.69) is 0 Å². The molecular weight excluding hydrogens is 264 g/mol. The summed E-state index contributed by atoms with van der Waals surface area (Å²) in [6.07, 6.45) is 5.84. The summed E-state index contributed by atoms with van der Waals surface area (Å²) in [5.74, 6) is 0.882. The minimum absolute atomic E-state index is 0.0387. The number of carbonyl (C=O) groups is 1. The van der Waals surface area contributed by atoms with Gasteiger partial charge in [0, 0.05) is 31.8 Å². The molecule has 1 aromatic rings. The van der Waals surface area contributed by atoms with E-state index in [0.29, 0.717) is 12.3 Å². The van der Waals surface area contributed by atoms with Crippen molar-refractivity contribution in [3.05, 3.63) is 35.9 Å². The molecule has 0 aliphatic carbocycles. The molecule has 21 heavy (non-hydrogen) atoms. The van der Waals surface area contributed by atoms with Crippen LogP contribution in [0.4, 0.5) is 0 Å². The van der Waals surface area contributed by atoms with Crippen LogP contribution in [-0.2, 0) is 9.47 Å². The Balaban J connectivity index is 1.52. The maximum Gasteiger partial charge on any atom is 0.162 e. The van der Waals surface area contributed by atoms with Gasteiger partial charge >= 0.3 is 0 Å². The third-order valence-corrected chi connectivity index (χ3v) is 4.87. The molecule has 0 aromatic heterocycles. The summed E-state index contributed by atoms with van der Waals surface area (Å²) in [6.45, 7) is 2.47. The first-order valence-corrected chi connectivity index (χ1v) is 8.07. The van der Waals surface area contributed by atoms with E-state index < -0.39 is 0 Å². The van der Waals surface area contributed by atoms with Crippen LogP contribution in [0.5, 0.6) is 0 Å². The number of ketones is 1. The van der Waals surface area contributed by atoms with Crippen LogP contribution in [0.1, 0.15) is 48.9 Å². The standard InChI is InChI=1S/C18H24O3/c19-17(16-4-2-1-3-5-16)7-6-15-8-11-21-18(14-15)9-12-20-13-10-18/h1-5,15H,6-14H2. The molecule has 1 spiro atoms. The molecule has 3 rings (SSSR count). The van der Waals surface area contributed by atoms with E-state index in [0.717, 1.165) is 57.5 Å². The predicted octanol–water partition coefficient (Wildman–Crippen LogP) is 3.63. The van der Waals surface area contributed by atoms with E-state index in [1.54, 1.807) is 0 Å². The van der Waals surface area contributed by atoms with Gasteiger partial charge in [-0.1, -0.05) is 30.3 Å². The van der Waals surface area contributed by atoms with Crippen LogP contribution in [-0.4, -0.2) is 31.2 Å². The molecule has 0 radical (unpaired) electrons. The Morgan fingerprint density at radius 1 is 1.14 bits per heavy atom. The molecule has 114 valence electrons. The molecule has 1 aromatic carbocycles. The zero-order valence-electron chi connectivity index (χ0n) is 12.6. The summed E-state index contributed by atoms with van der Waals surface area (Å²) in [6, 6.07) is 9.63. The Morgan fingerprint density at radius 3 is 2.67 bits per heavy atom. The van der Waals surface area contributed by atoms with E-state index in [9.17, 15) is 4.79 Å². The lowest BCUT2D eigenvalue weighted by atomic mass is 9.79. The monoisotopic (exact) mass is 288 g/mol. The van der Waals surface area contributed by atoms with Gasteiger partial charge in [0.15, 0.2) is 5.78 Å². The average Bonchev–Trinajstić information content (AvgIpc) is 2.54. The maximum atomic E-state index is 12.2. The quantitative estimate of drug-likeness (QED) is 0.794. The van der Waals surface area contributed by atoms with Crippen LogP contribution in [0.3, 0.4) is 0 Å². The van der Waals surface area contributed by atoms with Crippen LogP contribution in [0.15, 0.2) is 30.3 Å². The highest BCUT2D eigenvalue weighted by Crippen LogP contribution is 2.38. The summed E-state index contributed by atoms with van der Waals surface area (Å²) >= 11 is 0. The molecule has 3 heteroatoms. The fourth-order valence-corrected chi connectivity index (χ4v) is 3.57. The molecule has 2 fully saturated rings. The maximum absolute atomic E-state index is 12.2. The normalized spacial score (nSPS) is 24.9. The van der Waals surface area contributed by atoms with Crippen molar-refractivity contribution in [2.75, 3.05) is 19.8 Å². The summed E-state index contributed by atoms with van der Waals surface area (Å²) in [5, 5.41) is 0. The molecule has 2 heterocycles.